The van der Waals surface area contributed by atoms with Gasteiger partial charge in [-0.3, -0.25) is 19.6 Å². The van der Waals surface area contributed by atoms with Crippen LogP contribution in [0.4, 0.5) is 17.1 Å². The monoisotopic (exact) mass is 419 g/mol. The summed E-state index contributed by atoms with van der Waals surface area (Å²) in [6, 6.07) is 14.7. The number of rotatable bonds is 5. The summed E-state index contributed by atoms with van der Waals surface area (Å²) in [5, 5.41) is 35.0. The number of nitro benzene ring substituents is 1. The topological polar surface area (TPSA) is 144 Å². The van der Waals surface area contributed by atoms with E-state index in [1.165, 1.54) is 22.9 Å². The molecule has 0 aliphatic rings. The molecule has 156 valence electrons. The highest BCUT2D eigenvalue weighted by atomic mass is 16.6. The molecule has 4 aromatic rings. The van der Waals surface area contributed by atoms with Crippen molar-refractivity contribution in [2.75, 3.05) is 0 Å². The third-order valence-corrected chi connectivity index (χ3v) is 4.77. The van der Waals surface area contributed by atoms with Gasteiger partial charge in [0.05, 0.1) is 21.9 Å². The number of hydrogen-bond acceptors (Lipinski definition) is 8. The summed E-state index contributed by atoms with van der Waals surface area (Å²) in [4.78, 5) is 23.7. The van der Waals surface area contributed by atoms with E-state index >= 15 is 0 Å². The van der Waals surface area contributed by atoms with Crippen LogP contribution < -0.4 is 10.7 Å². The zero-order valence-corrected chi connectivity index (χ0v) is 16.4. The lowest BCUT2D eigenvalue weighted by atomic mass is 10.1. The summed E-state index contributed by atoms with van der Waals surface area (Å²) in [6.45, 7) is 1.68. The Labute approximate surface area is 174 Å². The molecule has 0 saturated heterocycles. The second-order valence-electron chi connectivity index (χ2n) is 6.55. The van der Waals surface area contributed by atoms with Crippen molar-refractivity contribution in [2.45, 2.75) is 6.92 Å². The normalized spacial score (nSPS) is 11.3. The van der Waals surface area contributed by atoms with Crippen LogP contribution >= 0.6 is 0 Å². The second-order valence-corrected chi connectivity index (χ2v) is 6.55. The van der Waals surface area contributed by atoms with E-state index in [9.17, 15) is 20.0 Å². The average molecular weight is 419 g/mol. The van der Waals surface area contributed by atoms with Crippen LogP contribution in [-0.2, 0) is 7.05 Å². The molecule has 0 amide bonds. The largest absolute Gasteiger partial charge is 0.542 e. The van der Waals surface area contributed by atoms with Gasteiger partial charge in [-0.05, 0) is 25.1 Å². The molecular weight excluding hydrogens is 404 g/mol. The summed E-state index contributed by atoms with van der Waals surface area (Å²) in [5.41, 5.74) is 0.0459. The molecule has 0 bridgehead atoms. The molecule has 0 atom stereocenters. The van der Waals surface area contributed by atoms with Gasteiger partial charge in [0.15, 0.2) is 5.69 Å². The van der Waals surface area contributed by atoms with Gasteiger partial charge in [0.25, 0.3) is 11.2 Å². The van der Waals surface area contributed by atoms with Gasteiger partial charge in [-0.2, -0.15) is 5.16 Å². The van der Waals surface area contributed by atoms with Crippen LogP contribution in [0.15, 0.2) is 74.1 Å². The smallest absolute Gasteiger partial charge is 0.299 e. The van der Waals surface area contributed by atoms with E-state index in [2.05, 4.69) is 19.9 Å². The minimum Gasteiger partial charge on any atom is -0.542 e. The van der Waals surface area contributed by atoms with Gasteiger partial charge >= 0.3 is 0 Å². The van der Waals surface area contributed by atoms with E-state index in [0.717, 1.165) is 0 Å². The van der Waals surface area contributed by atoms with Gasteiger partial charge in [-0.1, -0.05) is 30.3 Å². The maximum Gasteiger partial charge on any atom is 0.299 e. The van der Waals surface area contributed by atoms with E-state index in [1.807, 2.05) is 6.07 Å². The van der Waals surface area contributed by atoms with Gasteiger partial charge in [0, 0.05) is 13.1 Å². The van der Waals surface area contributed by atoms with E-state index in [-0.39, 0.29) is 28.3 Å². The van der Waals surface area contributed by atoms with Crippen LogP contribution in [0.3, 0.4) is 0 Å². The van der Waals surface area contributed by atoms with Crippen LogP contribution in [0.1, 0.15) is 5.69 Å². The molecule has 0 fully saturated rings. The fourth-order valence-corrected chi connectivity index (χ4v) is 3.14. The second kappa shape index (κ2) is 7.71. The molecule has 0 spiro atoms. The molecule has 0 saturated carbocycles. The minimum absolute atomic E-state index is 0.0143. The Balaban J connectivity index is 1.81. The summed E-state index contributed by atoms with van der Waals surface area (Å²) in [6.07, 6.45) is 0. The van der Waals surface area contributed by atoms with Crippen molar-refractivity contribution in [1.29, 1.82) is 0 Å². The molecule has 11 nitrogen and oxygen atoms in total. The molecule has 11 heteroatoms. The first-order valence-electron chi connectivity index (χ1n) is 9.06. The molecule has 0 aliphatic heterocycles. The molecule has 0 aliphatic carbocycles. The highest BCUT2D eigenvalue weighted by Crippen LogP contribution is 2.40. The van der Waals surface area contributed by atoms with Crippen LogP contribution in [0, 0.1) is 17.0 Å². The van der Waals surface area contributed by atoms with Crippen LogP contribution in [0.25, 0.3) is 16.9 Å². The van der Waals surface area contributed by atoms with E-state index in [0.29, 0.717) is 11.4 Å². The van der Waals surface area contributed by atoms with Gasteiger partial charge in [0.1, 0.15) is 17.3 Å². The molecular formula is C20H15N6O5-. The Hall–Kier alpha value is -4.54. The number of azo groups is 1. The highest BCUT2D eigenvalue weighted by molar-refractivity contribution is 5.80. The van der Waals surface area contributed by atoms with Crippen molar-refractivity contribution in [3.05, 3.63) is 80.8 Å². The molecule has 0 N–H and O–H groups in total. The Morgan fingerprint density at radius 1 is 1.03 bits per heavy atom. The first kappa shape index (κ1) is 19.8. The predicted molar refractivity (Wildman–Crippen MR) is 108 cm³/mol. The van der Waals surface area contributed by atoms with Crippen molar-refractivity contribution in [1.82, 2.24) is 14.5 Å². The van der Waals surface area contributed by atoms with Gasteiger partial charge < -0.3 is 9.63 Å². The lowest BCUT2D eigenvalue weighted by molar-refractivity contribution is -0.384. The van der Waals surface area contributed by atoms with Gasteiger partial charge in [-0.15, -0.1) is 10.2 Å². The Morgan fingerprint density at radius 2 is 1.68 bits per heavy atom. The summed E-state index contributed by atoms with van der Waals surface area (Å²) >= 11 is 0. The van der Waals surface area contributed by atoms with Crippen molar-refractivity contribution in [3.8, 4) is 22.9 Å². The number of aromatic nitrogens is 3. The minimum atomic E-state index is -0.922. The maximum absolute atomic E-state index is 12.9. The fourth-order valence-electron chi connectivity index (χ4n) is 3.14. The van der Waals surface area contributed by atoms with Crippen LogP contribution in [0.2, 0.25) is 0 Å². The van der Waals surface area contributed by atoms with Crippen molar-refractivity contribution in [2.24, 2.45) is 17.3 Å². The third kappa shape index (κ3) is 3.37. The Morgan fingerprint density at radius 3 is 2.39 bits per heavy atom. The van der Waals surface area contributed by atoms with Gasteiger partial charge in [0.2, 0.25) is 0 Å². The number of para-hydroxylation sites is 2. The summed E-state index contributed by atoms with van der Waals surface area (Å²) in [5.74, 6) is -0.922. The molecule has 2 heterocycles. The summed E-state index contributed by atoms with van der Waals surface area (Å²) in [7, 11) is 1.69. The Kier molecular flexibility index (Phi) is 4.91. The molecule has 2 aromatic heterocycles. The lowest BCUT2D eigenvalue weighted by Crippen LogP contribution is -2.19. The third-order valence-electron chi connectivity index (χ3n) is 4.77. The van der Waals surface area contributed by atoms with Gasteiger partial charge in [-0.25, -0.2) is 4.68 Å². The SMILES string of the molecule is Cc1c(N=Nc2c(-c3ccccc3[N+](=O)[O-])noc2[O-])c(=O)n(-c2ccccc2)n1C. The van der Waals surface area contributed by atoms with E-state index in [1.54, 1.807) is 49.0 Å². The molecule has 4 rings (SSSR count). The number of benzene rings is 2. The number of nitrogens with zero attached hydrogens (tertiary/aromatic N) is 6. The standard InChI is InChI=1S/C20H16N6O5/c1-12-16(19(27)25(24(12)2)13-8-4-3-5-9-13)21-22-18-17(23-31-20(18)28)14-10-6-7-11-15(14)26(29)30/h3-11,28H,1-2H3/p-1. The predicted octanol–water partition coefficient (Wildman–Crippen LogP) is 3.54. The van der Waals surface area contributed by atoms with E-state index < -0.39 is 16.4 Å². The molecule has 0 radical (unpaired) electrons. The summed E-state index contributed by atoms with van der Waals surface area (Å²) < 4.78 is 7.69. The maximum atomic E-state index is 12.9. The Bertz CT molecular complexity index is 1370. The average Bonchev–Trinajstić information content (AvgIpc) is 3.24. The van der Waals surface area contributed by atoms with Crippen molar-refractivity contribution < 1.29 is 14.6 Å². The first-order chi connectivity index (χ1) is 14.9. The molecule has 2 aromatic carbocycles. The first-order valence-corrected chi connectivity index (χ1v) is 9.06. The quantitative estimate of drug-likeness (QED) is 0.275. The van der Waals surface area contributed by atoms with Crippen molar-refractivity contribution >= 4 is 17.1 Å². The fraction of sp³-hybridized carbons (Fsp3) is 0.100. The van der Waals surface area contributed by atoms with Crippen LogP contribution in [0.5, 0.6) is 5.95 Å². The molecule has 31 heavy (non-hydrogen) atoms. The van der Waals surface area contributed by atoms with Crippen molar-refractivity contribution in [3.63, 3.8) is 0 Å². The zero-order valence-electron chi connectivity index (χ0n) is 16.4. The molecule has 0 unspecified atom stereocenters. The van der Waals surface area contributed by atoms with E-state index in [4.69, 9.17) is 0 Å². The lowest BCUT2D eigenvalue weighted by Gasteiger charge is -2.07. The highest BCUT2D eigenvalue weighted by Gasteiger charge is 2.21. The zero-order chi connectivity index (χ0) is 22.1. The number of hydrogen-bond donors (Lipinski definition) is 0. The van der Waals surface area contributed by atoms with Crippen LogP contribution in [-0.4, -0.2) is 19.4 Å². The number of nitro groups is 1.